The van der Waals surface area contributed by atoms with Crippen molar-refractivity contribution >= 4 is 10.9 Å². The van der Waals surface area contributed by atoms with Crippen LogP contribution in [0.4, 0.5) is 0 Å². The van der Waals surface area contributed by atoms with E-state index in [-0.39, 0.29) is 5.41 Å². The molecule has 2 aromatic heterocycles. The van der Waals surface area contributed by atoms with E-state index in [1.54, 1.807) is 6.20 Å². The normalized spacial score (nSPS) is 12.0. The zero-order valence-electron chi connectivity index (χ0n) is 9.57. The third kappa shape index (κ3) is 1.69. The van der Waals surface area contributed by atoms with Gasteiger partial charge < -0.3 is 0 Å². The molecule has 0 fully saturated rings. The highest BCUT2D eigenvalue weighted by Crippen LogP contribution is 2.26. The molecule has 15 heavy (non-hydrogen) atoms. The highest BCUT2D eigenvalue weighted by Gasteiger charge is 2.20. The minimum Gasteiger partial charge on any atom is -0.264 e. The van der Waals surface area contributed by atoms with Crippen LogP contribution >= 0.6 is 0 Å². The molecule has 0 unspecified atom stereocenters. The Morgan fingerprint density at radius 2 is 1.87 bits per heavy atom. The SMILES string of the molecule is Cc1c(C(C)(C)C)nnc2ccncc12. The zero-order valence-corrected chi connectivity index (χ0v) is 9.57. The molecule has 0 N–H and O–H groups in total. The Kier molecular flexibility index (Phi) is 2.18. The van der Waals surface area contributed by atoms with Crippen molar-refractivity contribution in [3.05, 3.63) is 29.7 Å². The fourth-order valence-corrected chi connectivity index (χ4v) is 1.78. The minimum atomic E-state index is 0.0289. The summed E-state index contributed by atoms with van der Waals surface area (Å²) >= 11 is 0. The van der Waals surface area contributed by atoms with Crippen molar-refractivity contribution < 1.29 is 0 Å². The quantitative estimate of drug-likeness (QED) is 0.657. The molecule has 0 aromatic carbocycles. The number of rotatable bonds is 0. The highest BCUT2D eigenvalue weighted by molar-refractivity contribution is 5.80. The Hall–Kier alpha value is -1.51. The van der Waals surface area contributed by atoms with Gasteiger partial charge in [-0.3, -0.25) is 4.98 Å². The number of hydrogen-bond donors (Lipinski definition) is 0. The van der Waals surface area contributed by atoms with E-state index in [0.29, 0.717) is 0 Å². The molecule has 3 nitrogen and oxygen atoms in total. The number of nitrogens with zero attached hydrogens (tertiary/aromatic N) is 3. The largest absolute Gasteiger partial charge is 0.264 e. The Bertz CT molecular complexity index is 498. The Morgan fingerprint density at radius 3 is 2.53 bits per heavy atom. The number of pyridine rings is 1. The first-order chi connectivity index (χ1) is 7.00. The molecule has 0 aliphatic carbocycles. The summed E-state index contributed by atoms with van der Waals surface area (Å²) in [6, 6.07) is 1.89. The van der Waals surface area contributed by atoms with Crippen molar-refractivity contribution in [1.82, 2.24) is 15.2 Å². The van der Waals surface area contributed by atoms with Crippen LogP contribution in [0.2, 0.25) is 0 Å². The maximum Gasteiger partial charge on any atom is 0.0963 e. The lowest BCUT2D eigenvalue weighted by Crippen LogP contribution is -2.16. The standard InChI is InChI=1S/C12H15N3/c1-8-9-7-13-6-5-10(9)14-15-11(8)12(2,3)4/h5-7H,1-4H3. The molecule has 2 aromatic rings. The second-order valence-corrected chi connectivity index (χ2v) is 4.82. The van der Waals surface area contributed by atoms with Gasteiger partial charge in [-0.25, -0.2) is 0 Å². The van der Waals surface area contributed by atoms with Crippen molar-refractivity contribution in [1.29, 1.82) is 0 Å². The Balaban J connectivity index is 2.76. The average Bonchev–Trinajstić information content (AvgIpc) is 2.16. The maximum absolute atomic E-state index is 4.30. The van der Waals surface area contributed by atoms with Gasteiger partial charge in [-0.15, -0.1) is 0 Å². The molecule has 0 aliphatic rings. The Labute approximate surface area is 89.6 Å². The van der Waals surface area contributed by atoms with Gasteiger partial charge in [-0.05, 0) is 18.6 Å². The van der Waals surface area contributed by atoms with Crippen LogP contribution in [0.1, 0.15) is 32.0 Å². The molecular formula is C12H15N3. The fraction of sp³-hybridized carbons (Fsp3) is 0.417. The molecule has 2 rings (SSSR count). The summed E-state index contributed by atoms with van der Waals surface area (Å²) in [7, 11) is 0. The van der Waals surface area contributed by atoms with E-state index in [9.17, 15) is 0 Å². The second-order valence-electron chi connectivity index (χ2n) is 4.82. The van der Waals surface area contributed by atoms with Gasteiger partial charge in [0.15, 0.2) is 0 Å². The van der Waals surface area contributed by atoms with E-state index < -0.39 is 0 Å². The van der Waals surface area contributed by atoms with Crippen molar-refractivity contribution in [2.24, 2.45) is 0 Å². The number of hydrogen-bond acceptors (Lipinski definition) is 3. The van der Waals surface area contributed by atoms with Gasteiger partial charge in [-0.2, -0.15) is 10.2 Å². The first-order valence-electron chi connectivity index (χ1n) is 5.07. The van der Waals surface area contributed by atoms with E-state index in [0.717, 1.165) is 16.6 Å². The number of aryl methyl sites for hydroxylation is 1. The predicted octanol–water partition coefficient (Wildman–Crippen LogP) is 2.63. The molecular weight excluding hydrogens is 186 g/mol. The lowest BCUT2D eigenvalue weighted by Gasteiger charge is -2.19. The van der Waals surface area contributed by atoms with E-state index in [1.165, 1.54) is 5.56 Å². The van der Waals surface area contributed by atoms with Crippen LogP contribution in [0.25, 0.3) is 10.9 Å². The van der Waals surface area contributed by atoms with Gasteiger partial charge >= 0.3 is 0 Å². The number of fused-ring (bicyclic) bond motifs is 1. The lowest BCUT2D eigenvalue weighted by atomic mass is 9.88. The van der Waals surface area contributed by atoms with Crippen LogP contribution in [0, 0.1) is 6.92 Å². The summed E-state index contributed by atoms with van der Waals surface area (Å²) in [6.45, 7) is 8.52. The second kappa shape index (κ2) is 3.26. The Morgan fingerprint density at radius 1 is 1.13 bits per heavy atom. The van der Waals surface area contributed by atoms with Crippen LogP contribution in [-0.4, -0.2) is 15.2 Å². The first kappa shape index (κ1) is 10.0. The third-order valence-electron chi connectivity index (χ3n) is 2.53. The molecule has 0 spiro atoms. The monoisotopic (exact) mass is 201 g/mol. The molecule has 78 valence electrons. The van der Waals surface area contributed by atoms with Gasteiger partial charge in [0.2, 0.25) is 0 Å². The summed E-state index contributed by atoms with van der Waals surface area (Å²) in [6.07, 6.45) is 3.60. The third-order valence-corrected chi connectivity index (χ3v) is 2.53. The van der Waals surface area contributed by atoms with E-state index in [2.05, 4.69) is 42.9 Å². The molecule has 0 bridgehead atoms. The van der Waals surface area contributed by atoms with Crippen LogP contribution < -0.4 is 0 Å². The zero-order chi connectivity index (χ0) is 11.1. The molecule has 0 amide bonds. The fourth-order valence-electron chi connectivity index (χ4n) is 1.78. The van der Waals surface area contributed by atoms with Crippen molar-refractivity contribution in [2.75, 3.05) is 0 Å². The number of aromatic nitrogens is 3. The van der Waals surface area contributed by atoms with Gasteiger partial charge in [0.05, 0.1) is 11.2 Å². The van der Waals surface area contributed by atoms with Crippen LogP contribution in [-0.2, 0) is 5.41 Å². The summed E-state index contributed by atoms with van der Waals surface area (Å²) in [4.78, 5) is 4.13. The van der Waals surface area contributed by atoms with Crippen LogP contribution in [0.5, 0.6) is 0 Å². The average molecular weight is 201 g/mol. The smallest absolute Gasteiger partial charge is 0.0963 e. The molecule has 0 atom stereocenters. The van der Waals surface area contributed by atoms with Crippen LogP contribution in [0.3, 0.4) is 0 Å². The summed E-state index contributed by atoms with van der Waals surface area (Å²) in [5.74, 6) is 0. The molecule has 0 aliphatic heterocycles. The first-order valence-corrected chi connectivity index (χ1v) is 5.07. The predicted molar refractivity (Wildman–Crippen MR) is 60.8 cm³/mol. The highest BCUT2D eigenvalue weighted by atomic mass is 15.1. The van der Waals surface area contributed by atoms with Gasteiger partial charge in [0, 0.05) is 23.2 Å². The summed E-state index contributed by atoms with van der Waals surface area (Å²) in [5, 5.41) is 9.61. The van der Waals surface area contributed by atoms with Crippen molar-refractivity contribution in [2.45, 2.75) is 33.1 Å². The molecule has 0 radical (unpaired) electrons. The lowest BCUT2D eigenvalue weighted by molar-refractivity contribution is 0.556. The summed E-state index contributed by atoms with van der Waals surface area (Å²) < 4.78 is 0. The minimum absolute atomic E-state index is 0.0289. The topological polar surface area (TPSA) is 38.7 Å². The molecule has 0 saturated heterocycles. The van der Waals surface area contributed by atoms with E-state index in [1.807, 2.05) is 12.3 Å². The maximum atomic E-state index is 4.30. The van der Waals surface area contributed by atoms with Gasteiger partial charge in [-0.1, -0.05) is 20.8 Å². The van der Waals surface area contributed by atoms with E-state index in [4.69, 9.17) is 0 Å². The van der Waals surface area contributed by atoms with Crippen molar-refractivity contribution in [3.8, 4) is 0 Å². The molecule has 2 heterocycles. The molecule has 0 saturated carbocycles. The molecule has 3 heteroatoms. The summed E-state index contributed by atoms with van der Waals surface area (Å²) in [5.41, 5.74) is 3.17. The van der Waals surface area contributed by atoms with Gasteiger partial charge in [0.1, 0.15) is 0 Å². The van der Waals surface area contributed by atoms with Crippen LogP contribution in [0.15, 0.2) is 18.5 Å². The van der Waals surface area contributed by atoms with Crippen molar-refractivity contribution in [3.63, 3.8) is 0 Å². The van der Waals surface area contributed by atoms with Gasteiger partial charge in [0.25, 0.3) is 0 Å². The van der Waals surface area contributed by atoms with E-state index >= 15 is 0 Å².